The molecule has 0 aromatic heterocycles. The lowest BCUT2D eigenvalue weighted by molar-refractivity contribution is 0.0977. The summed E-state index contributed by atoms with van der Waals surface area (Å²) >= 11 is 8.49. The molecule has 0 saturated heterocycles. The Morgan fingerprint density at radius 3 is 2.58 bits per heavy atom. The number of hydrogen-bond donors (Lipinski definition) is 2. The van der Waals surface area contributed by atoms with Crippen LogP contribution in [0.5, 0.6) is 5.75 Å². The summed E-state index contributed by atoms with van der Waals surface area (Å²) in [4.78, 5) is 12.1. The molecule has 5 nitrogen and oxygen atoms in total. The average Bonchev–Trinajstić information content (AvgIpc) is 2.56. The Labute approximate surface area is 154 Å². The minimum Gasteiger partial charge on any atom is -0.491 e. The molecule has 0 spiro atoms. The lowest BCUT2D eigenvalue weighted by Crippen LogP contribution is -2.34. The molecule has 0 bridgehead atoms. The first-order valence-electron chi connectivity index (χ1n) is 7.18. The van der Waals surface area contributed by atoms with Crippen molar-refractivity contribution in [3.05, 3.63) is 58.6 Å². The maximum atomic E-state index is 12.1. The van der Waals surface area contributed by atoms with Crippen LogP contribution in [0.25, 0.3) is 0 Å². The predicted octanol–water partition coefficient (Wildman–Crippen LogP) is 3.60. The summed E-state index contributed by atoms with van der Waals surface area (Å²) in [6.45, 7) is 1.02. The summed E-state index contributed by atoms with van der Waals surface area (Å²) in [5.41, 5.74) is 1.28. The molecule has 126 valence electrons. The summed E-state index contributed by atoms with van der Waals surface area (Å²) in [6, 6.07) is 14.4. The summed E-state index contributed by atoms with van der Waals surface area (Å²) in [6.07, 6.45) is 0. The van der Waals surface area contributed by atoms with Crippen molar-refractivity contribution in [2.24, 2.45) is 0 Å². The minimum atomic E-state index is -0.270. The first kappa shape index (κ1) is 18.4. The molecule has 0 unspecified atom stereocenters. The van der Waals surface area contributed by atoms with Crippen molar-refractivity contribution in [1.82, 2.24) is 5.32 Å². The molecule has 0 atom stereocenters. The van der Waals surface area contributed by atoms with Crippen LogP contribution in [0.1, 0.15) is 10.4 Å². The first-order chi connectivity index (χ1) is 11.6. The predicted molar refractivity (Wildman–Crippen MR) is 102 cm³/mol. The topological polar surface area (TPSA) is 59.6 Å². The minimum absolute atomic E-state index is 0.230. The van der Waals surface area contributed by atoms with Crippen molar-refractivity contribution >= 4 is 44.9 Å². The van der Waals surface area contributed by atoms with E-state index in [0.717, 1.165) is 15.9 Å². The van der Waals surface area contributed by atoms with E-state index in [1.807, 2.05) is 30.3 Å². The molecule has 2 N–H and O–H groups in total. The van der Waals surface area contributed by atoms with Crippen LogP contribution in [0.2, 0.25) is 0 Å². The average molecular weight is 409 g/mol. The molecule has 0 aliphatic heterocycles. The smallest absolute Gasteiger partial charge is 0.257 e. The number of amides is 1. The SMILES string of the molecule is COCCOc1ccc(NC(=S)NC(=O)c2cccc(Br)c2)cc1. The highest BCUT2D eigenvalue weighted by molar-refractivity contribution is 9.10. The molecule has 0 fully saturated rings. The third kappa shape index (κ3) is 5.92. The van der Waals surface area contributed by atoms with Gasteiger partial charge in [0.05, 0.1) is 6.61 Å². The second-order valence-corrected chi connectivity index (χ2v) is 6.11. The molecule has 7 heteroatoms. The number of rotatable bonds is 6. The molecule has 1 amide bonds. The zero-order valence-corrected chi connectivity index (χ0v) is 15.4. The number of methoxy groups -OCH3 is 1. The molecule has 0 heterocycles. The van der Waals surface area contributed by atoms with Crippen molar-refractivity contribution < 1.29 is 14.3 Å². The summed E-state index contributed by atoms with van der Waals surface area (Å²) < 4.78 is 11.2. The number of hydrogen-bond acceptors (Lipinski definition) is 4. The Kier molecular flexibility index (Phi) is 7.17. The molecule has 2 rings (SSSR count). The van der Waals surface area contributed by atoms with Gasteiger partial charge in [-0.15, -0.1) is 0 Å². The van der Waals surface area contributed by atoms with Gasteiger partial charge >= 0.3 is 0 Å². The number of benzene rings is 2. The quantitative estimate of drug-likeness (QED) is 0.564. The van der Waals surface area contributed by atoms with Gasteiger partial charge in [-0.05, 0) is 54.7 Å². The molecule has 0 radical (unpaired) electrons. The van der Waals surface area contributed by atoms with Gasteiger partial charge in [0.2, 0.25) is 0 Å². The lowest BCUT2D eigenvalue weighted by Gasteiger charge is -2.11. The lowest BCUT2D eigenvalue weighted by atomic mass is 10.2. The van der Waals surface area contributed by atoms with Gasteiger partial charge in [-0.25, -0.2) is 0 Å². The zero-order valence-electron chi connectivity index (χ0n) is 13.0. The molecule has 0 aliphatic rings. The zero-order chi connectivity index (χ0) is 17.4. The second-order valence-electron chi connectivity index (χ2n) is 4.78. The van der Waals surface area contributed by atoms with Crippen molar-refractivity contribution in [2.45, 2.75) is 0 Å². The van der Waals surface area contributed by atoms with E-state index in [4.69, 9.17) is 21.7 Å². The molecule has 2 aromatic carbocycles. The van der Waals surface area contributed by atoms with E-state index in [1.54, 1.807) is 25.3 Å². The fourth-order valence-corrected chi connectivity index (χ4v) is 2.45. The highest BCUT2D eigenvalue weighted by atomic mass is 79.9. The van der Waals surface area contributed by atoms with Gasteiger partial charge in [-0.3, -0.25) is 10.1 Å². The second kappa shape index (κ2) is 9.36. The fraction of sp³-hybridized carbons (Fsp3) is 0.176. The van der Waals surface area contributed by atoms with Gasteiger partial charge in [0.1, 0.15) is 12.4 Å². The van der Waals surface area contributed by atoms with Gasteiger partial charge < -0.3 is 14.8 Å². The van der Waals surface area contributed by atoms with Crippen molar-refractivity contribution in [1.29, 1.82) is 0 Å². The molecule has 0 aliphatic carbocycles. The maximum Gasteiger partial charge on any atom is 0.257 e. The van der Waals surface area contributed by atoms with E-state index in [2.05, 4.69) is 26.6 Å². The number of anilines is 1. The van der Waals surface area contributed by atoms with Crippen molar-refractivity contribution in [3.8, 4) is 5.75 Å². The molecule has 2 aromatic rings. The summed E-state index contributed by atoms with van der Waals surface area (Å²) in [5.74, 6) is 0.468. The van der Waals surface area contributed by atoms with Crippen LogP contribution in [0.3, 0.4) is 0 Å². The highest BCUT2D eigenvalue weighted by Crippen LogP contribution is 2.16. The maximum absolute atomic E-state index is 12.1. The summed E-state index contributed by atoms with van der Waals surface area (Å²) in [5, 5.41) is 5.83. The Balaban J connectivity index is 1.86. The van der Waals surface area contributed by atoms with E-state index in [9.17, 15) is 4.79 Å². The number of nitrogens with one attached hydrogen (secondary N) is 2. The highest BCUT2D eigenvalue weighted by Gasteiger charge is 2.08. The van der Waals surface area contributed by atoms with Gasteiger partial charge in [-0.2, -0.15) is 0 Å². The molecule has 24 heavy (non-hydrogen) atoms. The van der Waals surface area contributed by atoms with Crippen LogP contribution < -0.4 is 15.4 Å². The largest absolute Gasteiger partial charge is 0.491 e. The molecular weight excluding hydrogens is 392 g/mol. The normalized spacial score (nSPS) is 10.1. The Morgan fingerprint density at radius 1 is 1.17 bits per heavy atom. The van der Waals surface area contributed by atoms with Gasteiger partial charge in [0.15, 0.2) is 5.11 Å². The first-order valence-corrected chi connectivity index (χ1v) is 8.38. The standard InChI is InChI=1S/C17H17BrN2O3S/c1-22-9-10-23-15-7-5-14(6-8-15)19-17(24)20-16(21)12-3-2-4-13(18)11-12/h2-8,11H,9-10H2,1H3,(H2,19,20,21,24). The number of carbonyl (C=O) groups is 1. The van der Waals surface area contributed by atoms with Crippen LogP contribution >= 0.6 is 28.1 Å². The number of ether oxygens (including phenoxy) is 2. The van der Waals surface area contributed by atoms with Gasteiger partial charge in [0.25, 0.3) is 5.91 Å². The van der Waals surface area contributed by atoms with Gasteiger partial charge in [0, 0.05) is 22.8 Å². The third-order valence-electron chi connectivity index (χ3n) is 2.98. The van der Waals surface area contributed by atoms with E-state index in [-0.39, 0.29) is 11.0 Å². The number of carbonyl (C=O) groups excluding carboxylic acids is 1. The van der Waals surface area contributed by atoms with Crippen LogP contribution in [0, 0.1) is 0 Å². The van der Waals surface area contributed by atoms with E-state index in [0.29, 0.717) is 18.8 Å². The Hall–Kier alpha value is -1.96. The monoisotopic (exact) mass is 408 g/mol. The third-order valence-corrected chi connectivity index (χ3v) is 3.68. The van der Waals surface area contributed by atoms with Crippen molar-refractivity contribution in [2.75, 3.05) is 25.6 Å². The van der Waals surface area contributed by atoms with Crippen LogP contribution in [0.15, 0.2) is 53.0 Å². The Morgan fingerprint density at radius 2 is 1.92 bits per heavy atom. The Bertz CT molecular complexity index is 707. The van der Waals surface area contributed by atoms with Crippen molar-refractivity contribution in [3.63, 3.8) is 0 Å². The van der Waals surface area contributed by atoms with Crippen LogP contribution in [0.4, 0.5) is 5.69 Å². The van der Waals surface area contributed by atoms with E-state index in [1.165, 1.54) is 0 Å². The molecule has 0 saturated carbocycles. The summed E-state index contributed by atoms with van der Waals surface area (Å²) in [7, 11) is 1.62. The fourth-order valence-electron chi connectivity index (χ4n) is 1.84. The molecular formula is C17H17BrN2O3S. The number of halogens is 1. The van der Waals surface area contributed by atoms with Crippen LogP contribution in [-0.2, 0) is 4.74 Å². The number of thiocarbonyl (C=S) groups is 1. The van der Waals surface area contributed by atoms with E-state index < -0.39 is 0 Å². The van der Waals surface area contributed by atoms with Gasteiger partial charge in [-0.1, -0.05) is 22.0 Å². The van der Waals surface area contributed by atoms with E-state index >= 15 is 0 Å². The van der Waals surface area contributed by atoms with Crippen LogP contribution in [-0.4, -0.2) is 31.3 Å².